The van der Waals surface area contributed by atoms with E-state index in [9.17, 15) is 0 Å². The van der Waals surface area contributed by atoms with Gasteiger partial charge in [0.25, 0.3) is 0 Å². The van der Waals surface area contributed by atoms with Crippen LogP contribution in [0, 0.1) is 0 Å². The number of morpholine rings is 1. The van der Waals surface area contributed by atoms with Crippen LogP contribution in [0.1, 0.15) is 19.7 Å². The van der Waals surface area contributed by atoms with Gasteiger partial charge in [-0.05, 0) is 6.92 Å². The lowest BCUT2D eigenvalue weighted by atomic mass is 10.3. The molecule has 0 spiro atoms. The second-order valence-corrected chi connectivity index (χ2v) is 4.19. The fourth-order valence-electron chi connectivity index (χ4n) is 1.52. The molecule has 0 saturated carbocycles. The molecule has 0 unspecified atom stereocenters. The Morgan fingerprint density at radius 2 is 2.50 bits per heavy atom. The van der Waals surface area contributed by atoms with Gasteiger partial charge in [0.2, 0.25) is 5.13 Å². The Morgan fingerprint density at radius 3 is 3.14 bits per heavy atom. The zero-order valence-electron chi connectivity index (χ0n) is 8.56. The predicted molar refractivity (Wildman–Crippen MR) is 56.9 cm³/mol. The number of hydrogen-bond donors (Lipinski definition) is 0. The van der Waals surface area contributed by atoms with E-state index in [0.29, 0.717) is 6.04 Å². The molecule has 1 aliphatic heterocycles. The van der Waals surface area contributed by atoms with Gasteiger partial charge >= 0.3 is 0 Å². The largest absolute Gasteiger partial charge is 0.377 e. The second-order valence-electron chi connectivity index (χ2n) is 3.46. The number of aromatic nitrogens is 2. The molecular formula is C9H15N3OS. The third-order valence-corrected chi connectivity index (χ3v) is 3.18. The van der Waals surface area contributed by atoms with Gasteiger partial charge in [-0.3, -0.25) is 0 Å². The molecular weight excluding hydrogens is 198 g/mol. The molecule has 0 radical (unpaired) electrons. The first kappa shape index (κ1) is 9.86. The van der Waals surface area contributed by atoms with Crippen LogP contribution in [0.2, 0.25) is 0 Å². The van der Waals surface area contributed by atoms with Gasteiger partial charge in [-0.2, -0.15) is 4.37 Å². The summed E-state index contributed by atoms with van der Waals surface area (Å²) in [5.74, 6) is 0.948. The number of anilines is 1. The minimum atomic E-state index is 0.418. The van der Waals surface area contributed by atoms with Crippen molar-refractivity contribution >= 4 is 16.7 Å². The molecule has 1 aromatic heterocycles. The minimum absolute atomic E-state index is 0.418. The summed E-state index contributed by atoms with van der Waals surface area (Å²) >= 11 is 1.49. The van der Waals surface area contributed by atoms with Gasteiger partial charge in [0, 0.05) is 24.5 Å². The highest BCUT2D eigenvalue weighted by molar-refractivity contribution is 7.09. The maximum Gasteiger partial charge on any atom is 0.205 e. The van der Waals surface area contributed by atoms with Crippen LogP contribution in [0.4, 0.5) is 5.13 Å². The van der Waals surface area contributed by atoms with Crippen molar-refractivity contribution in [2.24, 2.45) is 0 Å². The van der Waals surface area contributed by atoms with Crippen LogP contribution >= 0.6 is 11.5 Å². The van der Waals surface area contributed by atoms with E-state index in [1.54, 1.807) is 0 Å². The molecule has 78 valence electrons. The van der Waals surface area contributed by atoms with Crippen molar-refractivity contribution in [1.29, 1.82) is 0 Å². The van der Waals surface area contributed by atoms with Gasteiger partial charge in [0.15, 0.2) is 0 Å². The van der Waals surface area contributed by atoms with Crippen molar-refractivity contribution in [3.05, 3.63) is 5.82 Å². The zero-order chi connectivity index (χ0) is 9.97. The maximum atomic E-state index is 5.38. The van der Waals surface area contributed by atoms with Crippen LogP contribution in [-0.4, -0.2) is 35.2 Å². The summed E-state index contributed by atoms with van der Waals surface area (Å²) in [4.78, 5) is 6.76. The zero-order valence-corrected chi connectivity index (χ0v) is 9.38. The molecule has 14 heavy (non-hydrogen) atoms. The van der Waals surface area contributed by atoms with Gasteiger partial charge < -0.3 is 9.64 Å². The Balaban J connectivity index is 2.12. The van der Waals surface area contributed by atoms with E-state index in [-0.39, 0.29) is 0 Å². The number of rotatable bonds is 2. The SMILES string of the molecule is CCc1nsc(N2CCOC[C@@H]2C)n1. The monoisotopic (exact) mass is 213 g/mol. The van der Waals surface area contributed by atoms with Gasteiger partial charge in [0.05, 0.1) is 19.3 Å². The van der Waals surface area contributed by atoms with E-state index in [4.69, 9.17) is 4.74 Å². The average Bonchev–Trinajstić information content (AvgIpc) is 2.67. The van der Waals surface area contributed by atoms with Crippen LogP contribution in [0.15, 0.2) is 0 Å². The van der Waals surface area contributed by atoms with Crippen molar-refractivity contribution in [1.82, 2.24) is 9.36 Å². The first-order chi connectivity index (χ1) is 6.81. The highest BCUT2D eigenvalue weighted by atomic mass is 32.1. The quantitative estimate of drug-likeness (QED) is 0.743. The molecule has 0 N–H and O–H groups in total. The Kier molecular flexibility index (Phi) is 2.98. The first-order valence-electron chi connectivity index (χ1n) is 4.98. The lowest BCUT2D eigenvalue weighted by Crippen LogP contribution is -2.43. The van der Waals surface area contributed by atoms with E-state index < -0.39 is 0 Å². The Labute approximate surface area is 88.1 Å². The Morgan fingerprint density at radius 1 is 1.64 bits per heavy atom. The van der Waals surface area contributed by atoms with Crippen LogP contribution in [0.25, 0.3) is 0 Å². The summed E-state index contributed by atoms with van der Waals surface area (Å²) in [6, 6.07) is 0.418. The number of hydrogen-bond acceptors (Lipinski definition) is 5. The van der Waals surface area contributed by atoms with Gasteiger partial charge in [-0.25, -0.2) is 4.98 Å². The first-order valence-corrected chi connectivity index (χ1v) is 5.75. The van der Waals surface area contributed by atoms with Crippen LogP contribution in [0.3, 0.4) is 0 Å². The van der Waals surface area contributed by atoms with Gasteiger partial charge in [0.1, 0.15) is 5.82 Å². The van der Waals surface area contributed by atoms with E-state index >= 15 is 0 Å². The normalized spacial score (nSPS) is 22.7. The van der Waals surface area contributed by atoms with Crippen molar-refractivity contribution in [3.8, 4) is 0 Å². The van der Waals surface area contributed by atoms with Crippen LogP contribution in [-0.2, 0) is 11.2 Å². The molecule has 0 aromatic carbocycles. The lowest BCUT2D eigenvalue weighted by Gasteiger charge is -2.32. The molecule has 1 aromatic rings. The molecule has 0 aliphatic carbocycles. The number of aryl methyl sites for hydroxylation is 1. The van der Waals surface area contributed by atoms with E-state index in [1.807, 2.05) is 0 Å². The maximum absolute atomic E-state index is 5.38. The third-order valence-electron chi connectivity index (χ3n) is 2.39. The molecule has 4 nitrogen and oxygen atoms in total. The number of nitrogens with zero attached hydrogens (tertiary/aromatic N) is 3. The van der Waals surface area contributed by atoms with E-state index in [0.717, 1.165) is 37.1 Å². The Bertz CT molecular complexity index is 302. The van der Waals surface area contributed by atoms with Crippen molar-refractivity contribution in [2.75, 3.05) is 24.7 Å². The van der Waals surface area contributed by atoms with E-state index in [2.05, 4.69) is 28.1 Å². The molecule has 0 amide bonds. The van der Waals surface area contributed by atoms with E-state index in [1.165, 1.54) is 11.5 Å². The summed E-state index contributed by atoms with van der Waals surface area (Å²) in [5.41, 5.74) is 0. The average molecular weight is 213 g/mol. The highest BCUT2D eigenvalue weighted by Gasteiger charge is 2.21. The molecule has 2 heterocycles. The fraction of sp³-hybridized carbons (Fsp3) is 0.778. The van der Waals surface area contributed by atoms with Gasteiger partial charge in [-0.15, -0.1) is 0 Å². The summed E-state index contributed by atoms with van der Waals surface area (Å²) < 4.78 is 9.67. The van der Waals surface area contributed by atoms with Crippen molar-refractivity contribution < 1.29 is 4.74 Å². The minimum Gasteiger partial charge on any atom is -0.377 e. The fourth-order valence-corrected chi connectivity index (χ4v) is 2.40. The lowest BCUT2D eigenvalue weighted by molar-refractivity contribution is 0.0989. The molecule has 2 rings (SSSR count). The number of ether oxygens (including phenoxy) is 1. The molecule has 0 bridgehead atoms. The summed E-state index contributed by atoms with van der Waals surface area (Å²) in [5, 5.41) is 1.04. The summed E-state index contributed by atoms with van der Waals surface area (Å²) in [7, 11) is 0. The van der Waals surface area contributed by atoms with Crippen LogP contribution < -0.4 is 4.90 Å². The molecule has 1 atom stereocenters. The molecule has 1 fully saturated rings. The van der Waals surface area contributed by atoms with Crippen molar-refractivity contribution in [3.63, 3.8) is 0 Å². The Hall–Kier alpha value is -0.680. The highest BCUT2D eigenvalue weighted by Crippen LogP contribution is 2.21. The third kappa shape index (κ3) is 1.88. The molecule has 1 aliphatic rings. The second kappa shape index (κ2) is 4.23. The van der Waals surface area contributed by atoms with Gasteiger partial charge in [-0.1, -0.05) is 6.92 Å². The topological polar surface area (TPSA) is 38.2 Å². The predicted octanol–water partition coefficient (Wildman–Crippen LogP) is 1.33. The summed E-state index contributed by atoms with van der Waals surface area (Å²) in [6.07, 6.45) is 0.912. The standard InChI is InChI=1S/C9H15N3OS/c1-3-8-10-9(14-11-8)12-4-5-13-6-7(12)2/h7H,3-6H2,1-2H3/t7-/m0/s1. The molecule has 5 heteroatoms. The molecule has 1 saturated heterocycles. The van der Waals surface area contributed by atoms with Crippen LogP contribution in [0.5, 0.6) is 0 Å². The summed E-state index contributed by atoms with van der Waals surface area (Å²) in [6.45, 7) is 6.76. The smallest absolute Gasteiger partial charge is 0.205 e. The van der Waals surface area contributed by atoms with Crippen molar-refractivity contribution in [2.45, 2.75) is 26.3 Å².